The van der Waals surface area contributed by atoms with Gasteiger partial charge in [0.2, 0.25) is 6.79 Å². The Morgan fingerprint density at radius 3 is 2.44 bits per heavy atom. The predicted octanol–water partition coefficient (Wildman–Crippen LogP) is 6.01. The lowest BCUT2D eigenvalue weighted by molar-refractivity contribution is 0.106. The van der Waals surface area contributed by atoms with E-state index < -0.39 is 0 Å². The second-order valence-electron chi connectivity index (χ2n) is 9.95. The molecule has 0 amide bonds. The fraction of sp³-hybridized carbons (Fsp3) is 0.400. The van der Waals surface area contributed by atoms with Crippen molar-refractivity contribution in [2.24, 2.45) is 0 Å². The Morgan fingerprint density at radius 2 is 1.64 bits per heavy atom. The molecule has 2 aliphatic heterocycles. The van der Waals surface area contributed by atoms with E-state index in [2.05, 4.69) is 47.9 Å². The van der Waals surface area contributed by atoms with Crippen molar-refractivity contribution in [3.63, 3.8) is 0 Å². The zero-order valence-electron chi connectivity index (χ0n) is 21.2. The van der Waals surface area contributed by atoms with Crippen molar-refractivity contribution < 1.29 is 18.6 Å². The highest BCUT2D eigenvalue weighted by atomic mass is 19.1. The van der Waals surface area contributed by atoms with Crippen LogP contribution in [0, 0.1) is 5.82 Å². The van der Waals surface area contributed by atoms with E-state index in [-0.39, 0.29) is 11.9 Å². The maximum Gasteiger partial charge on any atom is 0.231 e. The van der Waals surface area contributed by atoms with Gasteiger partial charge in [-0.05, 0) is 47.4 Å². The first-order chi connectivity index (χ1) is 17.5. The number of rotatable bonds is 9. The van der Waals surface area contributed by atoms with Crippen LogP contribution in [0.4, 0.5) is 4.39 Å². The molecule has 0 bridgehead atoms. The summed E-state index contributed by atoms with van der Waals surface area (Å²) in [5, 5.41) is 0. The molecule has 0 saturated carbocycles. The van der Waals surface area contributed by atoms with Crippen LogP contribution < -0.4 is 14.2 Å². The van der Waals surface area contributed by atoms with Crippen LogP contribution in [0.15, 0.2) is 66.7 Å². The maximum atomic E-state index is 14.7. The monoisotopic (exact) mass is 490 g/mol. The fourth-order valence-corrected chi connectivity index (χ4v) is 4.89. The summed E-state index contributed by atoms with van der Waals surface area (Å²) < 4.78 is 32.1. The van der Waals surface area contributed by atoms with E-state index in [0.29, 0.717) is 18.3 Å². The first-order valence-electron chi connectivity index (χ1n) is 12.9. The first-order valence-corrected chi connectivity index (χ1v) is 12.9. The highest BCUT2D eigenvalue weighted by molar-refractivity contribution is 5.44. The largest absolute Gasteiger partial charge is 0.486 e. The molecule has 0 spiro atoms. The molecule has 1 atom stereocenters. The van der Waals surface area contributed by atoms with Crippen molar-refractivity contribution in [2.45, 2.75) is 38.8 Å². The van der Waals surface area contributed by atoms with Crippen LogP contribution in [-0.4, -0.2) is 49.3 Å². The number of hydrogen-bond acceptors (Lipinski definition) is 5. The molecular weight excluding hydrogens is 455 g/mol. The highest BCUT2D eigenvalue weighted by Crippen LogP contribution is 2.33. The minimum Gasteiger partial charge on any atom is -0.486 e. The van der Waals surface area contributed by atoms with E-state index in [4.69, 9.17) is 14.2 Å². The Bertz CT molecular complexity index is 1160. The van der Waals surface area contributed by atoms with Gasteiger partial charge in [-0.3, -0.25) is 4.90 Å². The van der Waals surface area contributed by atoms with Crippen molar-refractivity contribution in [1.29, 1.82) is 0 Å². The second kappa shape index (κ2) is 11.3. The minimum absolute atomic E-state index is 0.212. The Hall–Kier alpha value is -3.09. The van der Waals surface area contributed by atoms with E-state index in [1.807, 2.05) is 30.3 Å². The van der Waals surface area contributed by atoms with E-state index in [9.17, 15) is 4.39 Å². The lowest BCUT2D eigenvalue weighted by Crippen LogP contribution is -2.46. The molecule has 6 heteroatoms. The van der Waals surface area contributed by atoms with Gasteiger partial charge in [-0.1, -0.05) is 50.2 Å². The van der Waals surface area contributed by atoms with E-state index in [0.717, 1.165) is 62.9 Å². The van der Waals surface area contributed by atoms with Crippen LogP contribution in [0.5, 0.6) is 17.2 Å². The first kappa shape index (κ1) is 24.6. The molecule has 0 unspecified atom stereocenters. The average molecular weight is 491 g/mol. The minimum atomic E-state index is -0.333. The summed E-state index contributed by atoms with van der Waals surface area (Å²) in [7, 11) is 0. The third-order valence-corrected chi connectivity index (χ3v) is 7.07. The Kier molecular flexibility index (Phi) is 7.73. The number of benzene rings is 3. The average Bonchev–Trinajstić information content (AvgIpc) is 3.36. The van der Waals surface area contributed by atoms with Gasteiger partial charge in [-0.2, -0.15) is 0 Å². The van der Waals surface area contributed by atoms with Crippen LogP contribution in [0.25, 0.3) is 0 Å². The smallest absolute Gasteiger partial charge is 0.231 e. The van der Waals surface area contributed by atoms with Gasteiger partial charge in [0, 0.05) is 51.3 Å². The quantitative estimate of drug-likeness (QED) is 0.367. The van der Waals surface area contributed by atoms with Gasteiger partial charge in [0.1, 0.15) is 17.7 Å². The summed E-state index contributed by atoms with van der Waals surface area (Å²) in [4.78, 5) is 4.92. The normalized spacial score (nSPS) is 16.9. The number of halogens is 1. The third kappa shape index (κ3) is 6.00. The van der Waals surface area contributed by atoms with E-state index in [1.165, 1.54) is 17.2 Å². The number of ether oxygens (including phenoxy) is 3. The van der Waals surface area contributed by atoms with Crippen molar-refractivity contribution in [1.82, 2.24) is 9.80 Å². The zero-order chi connectivity index (χ0) is 24.9. The zero-order valence-corrected chi connectivity index (χ0v) is 21.2. The molecule has 3 aromatic rings. The number of piperazine rings is 1. The van der Waals surface area contributed by atoms with Crippen molar-refractivity contribution >= 4 is 0 Å². The molecule has 0 aliphatic carbocycles. The van der Waals surface area contributed by atoms with Gasteiger partial charge in [0.05, 0.1) is 0 Å². The molecule has 0 radical (unpaired) electrons. The standard InChI is InChI=1S/C30H35FN2O3/c1-22(2)24-6-5-7-25(19-24)36-28(26-8-3-4-9-27(26)31)12-13-32-14-16-33(17-15-32)20-23-10-11-29-30(18-23)35-21-34-29/h3-11,18-19,22,28H,12-17,20-21H2,1-2H3/t28-/m0/s1. The summed E-state index contributed by atoms with van der Waals surface area (Å²) >= 11 is 0. The molecule has 5 nitrogen and oxygen atoms in total. The number of hydrogen-bond donors (Lipinski definition) is 0. The maximum absolute atomic E-state index is 14.7. The van der Waals surface area contributed by atoms with Gasteiger partial charge >= 0.3 is 0 Å². The highest BCUT2D eigenvalue weighted by Gasteiger charge is 2.23. The van der Waals surface area contributed by atoms with E-state index >= 15 is 0 Å². The lowest BCUT2D eigenvalue weighted by Gasteiger charge is -2.35. The summed E-state index contributed by atoms with van der Waals surface area (Å²) in [5.74, 6) is 2.66. The molecule has 2 aliphatic rings. The topological polar surface area (TPSA) is 34.2 Å². The summed E-state index contributed by atoms with van der Waals surface area (Å²) in [6, 6.07) is 21.3. The third-order valence-electron chi connectivity index (χ3n) is 7.07. The molecule has 5 rings (SSSR count). The van der Waals surface area contributed by atoms with E-state index in [1.54, 1.807) is 6.07 Å². The fourth-order valence-electron chi connectivity index (χ4n) is 4.89. The summed E-state index contributed by atoms with van der Waals surface area (Å²) in [5.41, 5.74) is 3.08. The molecule has 0 aromatic heterocycles. The number of nitrogens with zero attached hydrogens (tertiary/aromatic N) is 2. The molecule has 190 valence electrons. The van der Waals surface area contributed by atoms with Crippen molar-refractivity contribution in [3.8, 4) is 17.2 Å². The molecule has 2 heterocycles. The number of fused-ring (bicyclic) bond motifs is 1. The Morgan fingerprint density at radius 1 is 0.861 bits per heavy atom. The van der Waals surface area contributed by atoms with Crippen LogP contribution in [-0.2, 0) is 6.54 Å². The van der Waals surface area contributed by atoms with Crippen molar-refractivity contribution in [3.05, 3.63) is 89.2 Å². The molecule has 3 aromatic carbocycles. The van der Waals surface area contributed by atoms with Crippen molar-refractivity contribution in [2.75, 3.05) is 39.5 Å². The molecular formula is C30H35FN2O3. The predicted molar refractivity (Wildman–Crippen MR) is 139 cm³/mol. The van der Waals surface area contributed by atoms with Gasteiger partial charge in [0.25, 0.3) is 0 Å². The molecule has 1 saturated heterocycles. The van der Waals surface area contributed by atoms with Gasteiger partial charge < -0.3 is 19.1 Å². The Balaban J connectivity index is 1.18. The van der Waals surface area contributed by atoms with Gasteiger partial charge in [-0.15, -0.1) is 0 Å². The van der Waals surface area contributed by atoms with Gasteiger partial charge in [0.15, 0.2) is 11.5 Å². The molecule has 1 fully saturated rings. The van der Waals surface area contributed by atoms with Crippen LogP contribution >= 0.6 is 0 Å². The molecule has 36 heavy (non-hydrogen) atoms. The second-order valence-corrected chi connectivity index (χ2v) is 9.95. The SMILES string of the molecule is CC(C)c1cccc(O[C@@H](CCN2CCN(Cc3ccc4c(c3)OCO4)CC2)c2ccccc2F)c1. The lowest BCUT2D eigenvalue weighted by atomic mass is 10.0. The van der Waals surface area contributed by atoms with Crippen LogP contribution in [0.1, 0.15) is 49.0 Å². The molecule has 0 N–H and O–H groups in total. The van der Waals surface area contributed by atoms with Crippen LogP contribution in [0.2, 0.25) is 0 Å². The summed E-state index contributed by atoms with van der Waals surface area (Å²) in [6.45, 7) is 10.4. The van der Waals surface area contributed by atoms with Crippen LogP contribution in [0.3, 0.4) is 0 Å². The van der Waals surface area contributed by atoms with Gasteiger partial charge in [-0.25, -0.2) is 4.39 Å². The Labute approximate surface area is 213 Å². The summed E-state index contributed by atoms with van der Waals surface area (Å²) in [6.07, 6.45) is 0.398.